The van der Waals surface area contributed by atoms with E-state index in [0.717, 1.165) is 17.8 Å². The number of H-pyrrole nitrogens is 1. The highest BCUT2D eigenvalue weighted by Gasteiger charge is 2.20. The normalized spacial score (nSPS) is 14.2. The predicted molar refractivity (Wildman–Crippen MR) is 54.4 cm³/mol. The fourth-order valence-electron chi connectivity index (χ4n) is 1.51. The fourth-order valence-corrected chi connectivity index (χ4v) is 1.67. The first-order valence-corrected chi connectivity index (χ1v) is 5.02. The first-order chi connectivity index (χ1) is 6.81. The second-order valence-electron chi connectivity index (χ2n) is 3.02. The van der Waals surface area contributed by atoms with E-state index in [1.807, 2.05) is 0 Å². The number of carbonyl (C=O) groups excluding carboxylic acids is 1. The summed E-state index contributed by atoms with van der Waals surface area (Å²) in [5, 5.41) is 0. The molecule has 0 atom stereocenters. The maximum Gasteiger partial charge on any atom is 0.299 e. The number of fused-ring (bicyclic) bond motifs is 1. The largest absolute Gasteiger partial charge is 0.347 e. The van der Waals surface area contributed by atoms with Gasteiger partial charge in [0.25, 0.3) is 5.91 Å². The van der Waals surface area contributed by atoms with Crippen LogP contribution in [0.2, 0.25) is 0 Å². The smallest absolute Gasteiger partial charge is 0.299 e. The SMILES string of the molecule is O=C(C#CBr)N1CCc2nc[nH]c2C1. The van der Waals surface area contributed by atoms with Gasteiger partial charge in [0.1, 0.15) is 0 Å². The van der Waals surface area contributed by atoms with E-state index < -0.39 is 0 Å². The van der Waals surface area contributed by atoms with Crippen LogP contribution < -0.4 is 0 Å². The highest BCUT2D eigenvalue weighted by atomic mass is 79.9. The molecule has 1 amide bonds. The standard InChI is InChI=1S/C9H8BrN3O/c10-3-1-9(14)13-4-2-7-8(5-13)12-6-11-7/h6H,2,4-5H2,(H,11,12). The molecule has 14 heavy (non-hydrogen) atoms. The Morgan fingerprint density at radius 1 is 1.71 bits per heavy atom. The van der Waals surface area contributed by atoms with Gasteiger partial charge in [-0.25, -0.2) is 4.98 Å². The van der Waals surface area contributed by atoms with Gasteiger partial charge in [-0.05, 0) is 4.83 Å². The van der Waals surface area contributed by atoms with E-state index in [-0.39, 0.29) is 5.91 Å². The zero-order valence-electron chi connectivity index (χ0n) is 7.38. The number of nitrogens with one attached hydrogen (secondary N) is 1. The van der Waals surface area contributed by atoms with Crippen molar-refractivity contribution in [3.05, 3.63) is 17.7 Å². The van der Waals surface area contributed by atoms with Crippen molar-refractivity contribution in [1.29, 1.82) is 0 Å². The molecule has 0 aliphatic carbocycles. The molecule has 5 heteroatoms. The number of rotatable bonds is 0. The molecule has 0 bridgehead atoms. The molecule has 0 unspecified atom stereocenters. The molecule has 0 aromatic carbocycles. The highest BCUT2D eigenvalue weighted by Crippen LogP contribution is 2.14. The zero-order valence-corrected chi connectivity index (χ0v) is 8.97. The topological polar surface area (TPSA) is 49.0 Å². The lowest BCUT2D eigenvalue weighted by atomic mass is 10.1. The fraction of sp³-hybridized carbons (Fsp3) is 0.333. The van der Waals surface area contributed by atoms with E-state index in [2.05, 4.69) is 36.6 Å². The van der Waals surface area contributed by atoms with Gasteiger partial charge in [-0.2, -0.15) is 0 Å². The molecule has 2 heterocycles. The first-order valence-electron chi connectivity index (χ1n) is 4.23. The highest BCUT2D eigenvalue weighted by molar-refractivity contribution is 9.12. The number of carbonyl (C=O) groups is 1. The van der Waals surface area contributed by atoms with E-state index in [1.54, 1.807) is 11.2 Å². The van der Waals surface area contributed by atoms with E-state index in [4.69, 9.17) is 0 Å². The second-order valence-corrected chi connectivity index (χ2v) is 3.42. The molecule has 72 valence electrons. The van der Waals surface area contributed by atoms with Crippen molar-refractivity contribution in [3.63, 3.8) is 0 Å². The summed E-state index contributed by atoms with van der Waals surface area (Å²) in [6.07, 6.45) is 2.46. The van der Waals surface area contributed by atoms with E-state index in [0.29, 0.717) is 13.1 Å². The number of nitrogens with zero attached hydrogens (tertiary/aromatic N) is 2. The van der Waals surface area contributed by atoms with E-state index >= 15 is 0 Å². The molecule has 0 saturated carbocycles. The Bertz CT molecular complexity index is 415. The molecule has 4 nitrogen and oxygen atoms in total. The number of hydrogen-bond donors (Lipinski definition) is 1. The Kier molecular flexibility index (Phi) is 2.55. The van der Waals surface area contributed by atoms with Gasteiger partial charge in [-0.1, -0.05) is 0 Å². The van der Waals surface area contributed by atoms with Gasteiger partial charge in [0.15, 0.2) is 0 Å². The lowest BCUT2D eigenvalue weighted by Crippen LogP contribution is -2.35. The minimum Gasteiger partial charge on any atom is -0.347 e. The van der Waals surface area contributed by atoms with Crippen LogP contribution in [0.15, 0.2) is 6.33 Å². The molecule has 1 N–H and O–H groups in total. The molecule has 0 saturated heterocycles. The number of amides is 1. The molecule has 1 aromatic rings. The van der Waals surface area contributed by atoms with Crippen LogP contribution in [0.4, 0.5) is 0 Å². The molecule has 1 aliphatic heterocycles. The third kappa shape index (κ3) is 1.66. The van der Waals surface area contributed by atoms with Crippen molar-refractivity contribution in [3.8, 4) is 10.8 Å². The second kappa shape index (κ2) is 3.84. The molecule has 2 rings (SSSR count). The van der Waals surface area contributed by atoms with Gasteiger partial charge in [0.05, 0.1) is 24.3 Å². The summed E-state index contributed by atoms with van der Waals surface area (Å²) >= 11 is 2.91. The third-order valence-electron chi connectivity index (χ3n) is 2.22. The maximum atomic E-state index is 11.4. The van der Waals surface area contributed by atoms with Gasteiger partial charge in [0, 0.05) is 34.8 Å². The van der Waals surface area contributed by atoms with Crippen LogP contribution in [-0.4, -0.2) is 27.3 Å². The predicted octanol–water partition coefficient (Wildman–Crippen LogP) is 0.650. The minimum atomic E-state index is -0.151. The number of aromatic amines is 1. The number of halogens is 1. The lowest BCUT2D eigenvalue weighted by Gasteiger charge is -2.23. The van der Waals surface area contributed by atoms with E-state index in [1.165, 1.54) is 0 Å². The average molecular weight is 254 g/mol. The Balaban J connectivity index is 2.13. The lowest BCUT2D eigenvalue weighted by molar-refractivity contribution is -0.126. The Hall–Kier alpha value is -1.28. The molecule has 0 radical (unpaired) electrons. The van der Waals surface area contributed by atoms with Crippen molar-refractivity contribution in [2.45, 2.75) is 13.0 Å². The summed E-state index contributed by atoms with van der Waals surface area (Å²) in [6.45, 7) is 1.27. The van der Waals surface area contributed by atoms with Crippen LogP contribution in [0.5, 0.6) is 0 Å². The van der Waals surface area contributed by atoms with Crippen LogP contribution in [0.1, 0.15) is 11.4 Å². The summed E-state index contributed by atoms with van der Waals surface area (Å²) in [6, 6.07) is 0. The van der Waals surface area contributed by atoms with Gasteiger partial charge in [-0.3, -0.25) is 4.79 Å². The van der Waals surface area contributed by atoms with Crippen LogP contribution in [0.3, 0.4) is 0 Å². The number of imidazole rings is 1. The van der Waals surface area contributed by atoms with Crippen LogP contribution in [0, 0.1) is 10.8 Å². The van der Waals surface area contributed by atoms with Crippen molar-refractivity contribution in [2.75, 3.05) is 6.54 Å². The Labute approximate surface area is 89.8 Å². The van der Waals surface area contributed by atoms with Gasteiger partial charge >= 0.3 is 0 Å². The summed E-state index contributed by atoms with van der Waals surface area (Å²) < 4.78 is 0. The van der Waals surface area contributed by atoms with Crippen molar-refractivity contribution in [2.24, 2.45) is 0 Å². The molecular formula is C9H8BrN3O. The van der Waals surface area contributed by atoms with Crippen molar-refractivity contribution >= 4 is 21.8 Å². The molecule has 1 aliphatic rings. The monoisotopic (exact) mass is 253 g/mol. The zero-order chi connectivity index (χ0) is 9.97. The summed E-state index contributed by atoms with van der Waals surface area (Å²) in [5.41, 5.74) is 2.07. The Morgan fingerprint density at radius 3 is 3.36 bits per heavy atom. The first kappa shape index (κ1) is 9.28. The summed E-state index contributed by atoms with van der Waals surface area (Å²) in [5.74, 6) is 2.31. The minimum absolute atomic E-state index is 0.151. The molecule has 1 aromatic heterocycles. The molecular weight excluding hydrogens is 246 g/mol. The maximum absolute atomic E-state index is 11.4. The van der Waals surface area contributed by atoms with Crippen LogP contribution in [-0.2, 0) is 17.8 Å². The summed E-state index contributed by atoms with van der Waals surface area (Å²) in [4.78, 5) is 22.7. The van der Waals surface area contributed by atoms with Crippen LogP contribution in [0.25, 0.3) is 0 Å². The van der Waals surface area contributed by atoms with E-state index in [9.17, 15) is 4.79 Å². The average Bonchev–Trinajstić information content (AvgIpc) is 2.64. The van der Waals surface area contributed by atoms with Gasteiger partial charge in [-0.15, -0.1) is 0 Å². The molecule has 0 fully saturated rings. The van der Waals surface area contributed by atoms with Gasteiger partial charge in [0.2, 0.25) is 0 Å². The molecule has 0 spiro atoms. The van der Waals surface area contributed by atoms with Crippen LogP contribution >= 0.6 is 15.9 Å². The number of hydrogen-bond acceptors (Lipinski definition) is 2. The van der Waals surface area contributed by atoms with Crippen molar-refractivity contribution < 1.29 is 4.79 Å². The van der Waals surface area contributed by atoms with Gasteiger partial charge < -0.3 is 9.88 Å². The number of aromatic nitrogens is 2. The third-order valence-corrected chi connectivity index (χ3v) is 2.41. The Morgan fingerprint density at radius 2 is 2.57 bits per heavy atom. The quantitative estimate of drug-likeness (QED) is 0.691. The van der Waals surface area contributed by atoms with Crippen molar-refractivity contribution in [1.82, 2.24) is 14.9 Å². The summed E-state index contributed by atoms with van der Waals surface area (Å²) in [7, 11) is 0.